The standard InChI is InChI=1S/C21H38N6S.HI/c1-4-25-11-13-26(14-12-25)18(2)16-23-21(22-3)24-17-19(20-8-7-15-28-20)27-9-5-6-10-27;/h7-8,15,18-19H,4-6,9-14,16-17H2,1-3H3,(H2,22,23,24);1H. The number of guanidine groups is 1. The molecular formula is C21H39IN6S. The van der Waals surface area contributed by atoms with Crippen LogP contribution in [0.2, 0.25) is 0 Å². The largest absolute Gasteiger partial charge is 0.355 e. The van der Waals surface area contributed by atoms with E-state index >= 15 is 0 Å². The number of nitrogens with one attached hydrogen (secondary N) is 2. The zero-order chi connectivity index (χ0) is 19.8. The first-order valence-corrected chi connectivity index (χ1v) is 11.8. The van der Waals surface area contributed by atoms with Crippen molar-refractivity contribution >= 4 is 41.3 Å². The van der Waals surface area contributed by atoms with Crippen molar-refractivity contribution < 1.29 is 0 Å². The molecule has 0 radical (unpaired) electrons. The molecule has 0 spiro atoms. The summed E-state index contributed by atoms with van der Waals surface area (Å²) in [5.74, 6) is 0.916. The zero-order valence-corrected chi connectivity index (χ0v) is 21.4. The van der Waals surface area contributed by atoms with Gasteiger partial charge in [0.25, 0.3) is 0 Å². The predicted octanol–water partition coefficient (Wildman–Crippen LogP) is 2.69. The Balaban J connectivity index is 0.00000300. The van der Waals surface area contributed by atoms with Crippen molar-refractivity contribution in [3.63, 3.8) is 0 Å². The van der Waals surface area contributed by atoms with Crippen molar-refractivity contribution in [3.05, 3.63) is 22.4 Å². The number of halogens is 1. The summed E-state index contributed by atoms with van der Waals surface area (Å²) in [5.41, 5.74) is 0. The average Bonchev–Trinajstić information content (AvgIpc) is 3.45. The summed E-state index contributed by atoms with van der Waals surface area (Å²) >= 11 is 1.86. The molecule has 2 N–H and O–H groups in total. The molecule has 2 unspecified atom stereocenters. The van der Waals surface area contributed by atoms with Crippen LogP contribution in [-0.4, -0.2) is 92.7 Å². The Morgan fingerprint density at radius 1 is 1.07 bits per heavy atom. The normalized spacial score (nSPS) is 21.6. The highest BCUT2D eigenvalue weighted by Gasteiger charge is 2.25. The van der Waals surface area contributed by atoms with E-state index in [1.165, 1.54) is 50.4 Å². The lowest BCUT2D eigenvalue weighted by atomic mass is 10.2. The second kappa shape index (κ2) is 13.1. The van der Waals surface area contributed by atoms with Gasteiger partial charge in [0.05, 0.1) is 6.04 Å². The molecule has 2 aliphatic rings. The molecule has 2 fully saturated rings. The predicted molar refractivity (Wildman–Crippen MR) is 136 cm³/mol. The number of likely N-dealkylation sites (tertiary alicyclic amines) is 1. The molecular weight excluding hydrogens is 495 g/mol. The molecule has 6 nitrogen and oxygen atoms in total. The summed E-state index contributed by atoms with van der Waals surface area (Å²) in [6.45, 7) is 14.7. The lowest BCUT2D eigenvalue weighted by molar-refractivity contribution is 0.107. The van der Waals surface area contributed by atoms with Gasteiger partial charge in [-0.1, -0.05) is 13.0 Å². The van der Waals surface area contributed by atoms with Crippen LogP contribution < -0.4 is 10.6 Å². The topological polar surface area (TPSA) is 46.1 Å². The van der Waals surface area contributed by atoms with Crippen molar-refractivity contribution in [2.24, 2.45) is 4.99 Å². The number of nitrogens with zero attached hydrogens (tertiary/aromatic N) is 4. The van der Waals surface area contributed by atoms with Crippen molar-refractivity contribution in [1.29, 1.82) is 0 Å². The third kappa shape index (κ3) is 7.34. The molecule has 2 aliphatic heterocycles. The van der Waals surface area contributed by atoms with E-state index in [0.29, 0.717) is 12.1 Å². The van der Waals surface area contributed by atoms with Crippen LogP contribution in [0.25, 0.3) is 0 Å². The van der Waals surface area contributed by atoms with Gasteiger partial charge < -0.3 is 15.5 Å². The number of thiophene rings is 1. The van der Waals surface area contributed by atoms with Crippen LogP contribution in [0.3, 0.4) is 0 Å². The Hall–Kier alpha value is -0.420. The summed E-state index contributed by atoms with van der Waals surface area (Å²) < 4.78 is 0. The minimum Gasteiger partial charge on any atom is -0.355 e. The molecule has 166 valence electrons. The number of rotatable bonds is 8. The van der Waals surface area contributed by atoms with E-state index in [-0.39, 0.29) is 24.0 Å². The molecule has 8 heteroatoms. The highest BCUT2D eigenvalue weighted by Crippen LogP contribution is 2.27. The summed E-state index contributed by atoms with van der Waals surface area (Å²) in [6, 6.07) is 5.39. The monoisotopic (exact) mass is 534 g/mol. The number of hydrogen-bond acceptors (Lipinski definition) is 5. The van der Waals surface area contributed by atoms with Gasteiger partial charge in [-0.25, -0.2) is 0 Å². The number of hydrogen-bond donors (Lipinski definition) is 2. The van der Waals surface area contributed by atoms with E-state index in [2.05, 4.69) is 61.7 Å². The molecule has 29 heavy (non-hydrogen) atoms. The summed E-state index contributed by atoms with van der Waals surface area (Å²) in [7, 11) is 1.87. The second-order valence-corrected chi connectivity index (χ2v) is 8.91. The molecule has 1 aromatic heterocycles. The quantitative estimate of drug-likeness (QED) is 0.305. The van der Waals surface area contributed by atoms with Gasteiger partial charge in [0.1, 0.15) is 0 Å². The van der Waals surface area contributed by atoms with Crippen LogP contribution >= 0.6 is 35.3 Å². The third-order valence-electron chi connectivity index (χ3n) is 6.18. The van der Waals surface area contributed by atoms with Crippen molar-refractivity contribution in [2.45, 2.75) is 38.8 Å². The minimum atomic E-state index is 0. The molecule has 2 saturated heterocycles. The lowest BCUT2D eigenvalue weighted by Crippen LogP contribution is -2.53. The second-order valence-electron chi connectivity index (χ2n) is 7.93. The highest BCUT2D eigenvalue weighted by atomic mass is 127. The van der Waals surface area contributed by atoms with Gasteiger partial charge in [0.2, 0.25) is 0 Å². The van der Waals surface area contributed by atoms with Crippen molar-refractivity contribution in [2.75, 3.05) is 66.0 Å². The Morgan fingerprint density at radius 3 is 2.34 bits per heavy atom. The zero-order valence-electron chi connectivity index (χ0n) is 18.3. The molecule has 1 aromatic rings. The fraction of sp³-hybridized carbons (Fsp3) is 0.762. The van der Waals surface area contributed by atoms with Crippen LogP contribution in [0.1, 0.15) is 37.6 Å². The third-order valence-corrected chi connectivity index (χ3v) is 7.16. The van der Waals surface area contributed by atoms with Crippen LogP contribution in [0.4, 0.5) is 0 Å². The van der Waals surface area contributed by atoms with Gasteiger partial charge in [0, 0.05) is 57.2 Å². The van der Waals surface area contributed by atoms with E-state index in [1.807, 2.05) is 18.4 Å². The molecule has 2 atom stereocenters. The van der Waals surface area contributed by atoms with E-state index in [0.717, 1.165) is 32.1 Å². The van der Waals surface area contributed by atoms with Gasteiger partial charge in [-0.2, -0.15) is 0 Å². The number of likely N-dealkylation sites (N-methyl/N-ethyl adjacent to an activating group) is 1. The van der Waals surface area contributed by atoms with Crippen molar-refractivity contribution in [3.8, 4) is 0 Å². The maximum Gasteiger partial charge on any atom is 0.191 e. The van der Waals surface area contributed by atoms with E-state index in [4.69, 9.17) is 0 Å². The molecule has 0 saturated carbocycles. The van der Waals surface area contributed by atoms with E-state index in [1.54, 1.807) is 0 Å². The molecule has 0 bridgehead atoms. The molecule has 0 amide bonds. The Labute approximate surface area is 198 Å². The molecule has 3 rings (SSSR count). The first-order chi connectivity index (χ1) is 13.7. The average molecular weight is 535 g/mol. The Bertz CT molecular complexity index is 582. The SMILES string of the molecule is CCN1CCN(C(C)CNC(=NC)NCC(c2cccs2)N2CCCC2)CC1.I. The Kier molecular flexibility index (Phi) is 11.2. The van der Waals surface area contributed by atoms with Gasteiger partial charge in [-0.3, -0.25) is 14.8 Å². The first kappa shape index (κ1) is 24.8. The maximum atomic E-state index is 4.46. The molecule has 3 heterocycles. The summed E-state index contributed by atoms with van der Waals surface area (Å²) in [4.78, 5) is 13.6. The minimum absolute atomic E-state index is 0. The summed E-state index contributed by atoms with van der Waals surface area (Å²) in [6.07, 6.45) is 2.63. The van der Waals surface area contributed by atoms with E-state index in [9.17, 15) is 0 Å². The van der Waals surface area contributed by atoms with Crippen LogP contribution in [0.5, 0.6) is 0 Å². The fourth-order valence-electron chi connectivity index (χ4n) is 4.25. The van der Waals surface area contributed by atoms with Gasteiger partial charge in [-0.15, -0.1) is 35.3 Å². The summed E-state index contributed by atoms with van der Waals surface area (Å²) in [5, 5.41) is 9.32. The van der Waals surface area contributed by atoms with Crippen LogP contribution in [0, 0.1) is 0 Å². The maximum absolute atomic E-state index is 4.46. The molecule has 0 aromatic carbocycles. The number of aliphatic imine (C=N–C) groups is 1. The number of piperazine rings is 1. The smallest absolute Gasteiger partial charge is 0.191 e. The fourth-order valence-corrected chi connectivity index (χ4v) is 5.11. The molecule has 0 aliphatic carbocycles. The lowest BCUT2D eigenvalue weighted by Gasteiger charge is -2.37. The van der Waals surface area contributed by atoms with Gasteiger partial charge in [0.15, 0.2) is 5.96 Å². The van der Waals surface area contributed by atoms with Crippen LogP contribution in [-0.2, 0) is 0 Å². The van der Waals surface area contributed by atoms with Crippen molar-refractivity contribution in [1.82, 2.24) is 25.3 Å². The van der Waals surface area contributed by atoms with Gasteiger partial charge >= 0.3 is 0 Å². The van der Waals surface area contributed by atoms with Gasteiger partial charge in [-0.05, 0) is 50.8 Å². The first-order valence-electron chi connectivity index (χ1n) is 10.9. The Morgan fingerprint density at radius 2 is 1.76 bits per heavy atom. The van der Waals surface area contributed by atoms with Crippen LogP contribution in [0.15, 0.2) is 22.5 Å². The van der Waals surface area contributed by atoms with E-state index < -0.39 is 0 Å². The highest BCUT2D eigenvalue weighted by molar-refractivity contribution is 14.0.